The summed E-state index contributed by atoms with van der Waals surface area (Å²) in [5, 5.41) is 1.29. The molecule has 2 saturated carbocycles. The lowest BCUT2D eigenvalue weighted by Crippen LogP contribution is -2.42. The van der Waals surface area contributed by atoms with Gasteiger partial charge >= 0.3 is 6.09 Å². The maximum absolute atomic E-state index is 12.6. The summed E-state index contributed by atoms with van der Waals surface area (Å²) < 4.78 is 5.19. The molecule has 2 fully saturated rings. The predicted octanol–water partition coefficient (Wildman–Crippen LogP) is 6.15. The summed E-state index contributed by atoms with van der Waals surface area (Å²) in [4.78, 5) is 30.9. The number of hydrogen-bond acceptors (Lipinski definition) is 4. The summed E-state index contributed by atoms with van der Waals surface area (Å²) >= 11 is 0. The lowest BCUT2D eigenvalue weighted by atomic mass is 9.55. The van der Waals surface area contributed by atoms with E-state index in [1.807, 2.05) is 18.2 Å². The van der Waals surface area contributed by atoms with Gasteiger partial charge in [0.1, 0.15) is 5.78 Å². The summed E-state index contributed by atoms with van der Waals surface area (Å²) in [6.45, 7) is 4.75. The van der Waals surface area contributed by atoms with Gasteiger partial charge in [0.05, 0.1) is 18.9 Å². The minimum atomic E-state index is -0.473. The first-order chi connectivity index (χ1) is 16.5. The van der Waals surface area contributed by atoms with Gasteiger partial charge in [-0.25, -0.2) is 4.79 Å². The fraction of sp³-hybridized carbons (Fsp3) is 0.517. The molecular weight excluding hydrogens is 426 g/mol. The number of amides is 1. The van der Waals surface area contributed by atoms with Crippen molar-refractivity contribution in [2.75, 3.05) is 18.3 Å². The highest BCUT2D eigenvalue weighted by molar-refractivity contribution is 5.88. The maximum Gasteiger partial charge on any atom is 0.438 e. The first-order valence-electron chi connectivity index (χ1n) is 12.9. The van der Waals surface area contributed by atoms with Crippen molar-refractivity contribution in [1.82, 2.24) is 0 Å². The number of hydroxylamine groups is 1. The molecule has 1 aliphatic heterocycles. The molecule has 2 aromatic carbocycles. The smallest absolute Gasteiger partial charge is 0.438 e. The van der Waals surface area contributed by atoms with Gasteiger partial charge in [-0.15, -0.1) is 0 Å². The predicted molar refractivity (Wildman–Crippen MR) is 130 cm³/mol. The second-order valence-electron chi connectivity index (χ2n) is 10.7. The lowest BCUT2D eigenvalue weighted by molar-refractivity contribution is -0.129. The third-order valence-electron chi connectivity index (χ3n) is 9.20. The summed E-state index contributed by atoms with van der Waals surface area (Å²) in [7, 11) is 0. The lowest BCUT2D eigenvalue weighted by Gasteiger charge is -2.48. The van der Waals surface area contributed by atoms with Gasteiger partial charge in [0.25, 0.3) is 0 Å². The molecular formula is C29H33NO4. The standard InChI is InChI=1S/C29H33NO4/c1-3-33-28(32)30-26-7-5-4-6-23(26)24(17-34-30)19-8-10-20-18(16-19)9-11-22-21(20)14-15-29(2)25(22)12-13-27(29)31/h4-8,10,16,21-22,24-25H,3,9,11-15,17H2,1-2H3/t21-,22-,24+,25+,29+/m1/s1. The first-order valence-corrected chi connectivity index (χ1v) is 12.9. The Kier molecular flexibility index (Phi) is 5.29. The van der Waals surface area contributed by atoms with Gasteiger partial charge in [0.15, 0.2) is 0 Å². The van der Waals surface area contributed by atoms with Gasteiger partial charge in [0.2, 0.25) is 0 Å². The minimum Gasteiger partial charge on any atom is -0.448 e. The number of para-hydroxylation sites is 1. The topological polar surface area (TPSA) is 55.8 Å². The molecule has 1 amide bonds. The van der Waals surface area contributed by atoms with E-state index in [0.29, 0.717) is 36.8 Å². The zero-order valence-corrected chi connectivity index (χ0v) is 20.1. The molecule has 2 aromatic rings. The van der Waals surface area contributed by atoms with Crippen molar-refractivity contribution in [3.05, 3.63) is 64.7 Å². The summed E-state index contributed by atoms with van der Waals surface area (Å²) in [6, 6.07) is 14.9. The molecule has 0 N–H and O–H groups in total. The number of nitrogens with zero attached hydrogens (tertiary/aromatic N) is 1. The molecule has 0 unspecified atom stereocenters. The molecule has 0 radical (unpaired) electrons. The highest BCUT2D eigenvalue weighted by Crippen LogP contribution is 2.59. The molecule has 5 nitrogen and oxygen atoms in total. The van der Waals surface area contributed by atoms with E-state index in [0.717, 1.165) is 43.4 Å². The van der Waals surface area contributed by atoms with Crippen LogP contribution in [0.25, 0.3) is 0 Å². The fourth-order valence-electron chi connectivity index (χ4n) is 7.47. The van der Waals surface area contributed by atoms with Crippen LogP contribution in [0.5, 0.6) is 0 Å². The summed E-state index contributed by atoms with van der Waals surface area (Å²) in [5.41, 5.74) is 5.97. The van der Waals surface area contributed by atoms with E-state index in [1.54, 1.807) is 6.92 Å². The molecule has 0 bridgehead atoms. The third-order valence-corrected chi connectivity index (χ3v) is 9.20. The molecule has 1 heterocycles. The van der Waals surface area contributed by atoms with E-state index in [1.165, 1.54) is 28.2 Å². The average molecular weight is 460 g/mol. The van der Waals surface area contributed by atoms with E-state index in [2.05, 4.69) is 31.2 Å². The van der Waals surface area contributed by atoms with Crippen molar-refractivity contribution in [3.63, 3.8) is 0 Å². The van der Waals surface area contributed by atoms with Gasteiger partial charge in [-0.2, -0.15) is 5.06 Å². The molecule has 0 spiro atoms. The number of ether oxygens (including phenoxy) is 1. The number of rotatable bonds is 2. The fourth-order valence-corrected chi connectivity index (χ4v) is 7.47. The number of carbonyl (C=O) groups excluding carboxylic acids is 2. The molecule has 0 saturated heterocycles. The first kappa shape index (κ1) is 21.8. The van der Waals surface area contributed by atoms with Crippen LogP contribution in [0.1, 0.15) is 80.0 Å². The van der Waals surface area contributed by atoms with Crippen molar-refractivity contribution >= 4 is 17.6 Å². The highest BCUT2D eigenvalue weighted by Gasteiger charge is 2.54. The Morgan fingerprint density at radius 2 is 1.97 bits per heavy atom. The van der Waals surface area contributed by atoms with Crippen molar-refractivity contribution in [2.45, 2.75) is 64.2 Å². The number of carbonyl (C=O) groups is 2. The van der Waals surface area contributed by atoms with Gasteiger partial charge < -0.3 is 4.74 Å². The Labute approximate surface area is 201 Å². The van der Waals surface area contributed by atoms with Crippen LogP contribution in [0, 0.1) is 17.3 Å². The van der Waals surface area contributed by atoms with E-state index in [9.17, 15) is 9.59 Å². The summed E-state index contributed by atoms with van der Waals surface area (Å²) in [6.07, 6.45) is 5.81. The van der Waals surface area contributed by atoms with Crippen molar-refractivity contribution in [2.24, 2.45) is 17.3 Å². The normalized spacial score (nSPS) is 31.8. The molecule has 178 valence electrons. The van der Waals surface area contributed by atoms with Crippen LogP contribution >= 0.6 is 0 Å². The number of hydrogen-bond donors (Lipinski definition) is 0. The van der Waals surface area contributed by atoms with Crippen LogP contribution < -0.4 is 5.06 Å². The quantitative estimate of drug-likeness (QED) is 0.540. The number of benzene rings is 2. The Balaban J connectivity index is 1.30. The van der Waals surface area contributed by atoms with Gasteiger partial charge in [0, 0.05) is 17.8 Å². The SMILES string of the molecule is CCOC(=O)N1OC[C@@H](c2ccc3c(c2)CC[C@@H]2[C@@H]3CC[C@]3(C)C(=O)CC[C@@H]23)c2ccccc21. The number of aryl methyl sites for hydroxylation is 1. The molecule has 0 aromatic heterocycles. The van der Waals surface area contributed by atoms with Gasteiger partial charge in [-0.3, -0.25) is 9.63 Å². The van der Waals surface area contributed by atoms with Crippen LogP contribution in [0.4, 0.5) is 10.5 Å². The molecule has 4 aliphatic rings. The van der Waals surface area contributed by atoms with Gasteiger partial charge in [-0.1, -0.05) is 43.3 Å². The summed E-state index contributed by atoms with van der Waals surface area (Å²) in [5.74, 6) is 2.35. The van der Waals surface area contributed by atoms with Crippen LogP contribution in [-0.2, 0) is 20.8 Å². The number of anilines is 1. The molecule has 5 heteroatoms. The monoisotopic (exact) mass is 459 g/mol. The van der Waals surface area contributed by atoms with E-state index in [4.69, 9.17) is 9.57 Å². The maximum atomic E-state index is 12.6. The Hall–Kier alpha value is -2.66. The van der Waals surface area contributed by atoms with Gasteiger partial charge in [-0.05, 0) is 85.1 Å². The zero-order chi connectivity index (χ0) is 23.4. The van der Waals surface area contributed by atoms with Crippen molar-refractivity contribution in [3.8, 4) is 0 Å². The molecule has 6 rings (SSSR count). The molecule has 5 atom stereocenters. The van der Waals surface area contributed by atoms with Crippen molar-refractivity contribution < 1.29 is 19.2 Å². The molecule has 3 aliphatic carbocycles. The van der Waals surface area contributed by atoms with Crippen LogP contribution in [0.15, 0.2) is 42.5 Å². The Morgan fingerprint density at radius 3 is 2.82 bits per heavy atom. The van der Waals surface area contributed by atoms with Crippen LogP contribution in [0.2, 0.25) is 0 Å². The zero-order valence-electron chi connectivity index (χ0n) is 20.1. The third kappa shape index (κ3) is 3.24. The van der Waals surface area contributed by atoms with Crippen LogP contribution in [-0.4, -0.2) is 25.1 Å². The van der Waals surface area contributed by atoms with Crippen molar-refractivity contribution in [1.29, 1.82) is 0 Å². The minimum absolute atomic E-state index is 0.0759. The Bertz CT molecular complexity index is 1140. The second kappa shape index (κ2) is 8.23. The number of fused-ring (bicyclic) bond motifs is 6. The molecule has 34 heavy (non-hydrogen) atoms. The Morgan fingerprint density at radius 1 is 1.12 bits per heavy atom. The van der Waals surface area contributed by atoms with Crippen LogP contribution in [0.3, 0.4) is 0 Å². The number of Topliss-reactive ketones (excluding diaryl/α,β-unsaturated/α-hetero) is 1. The number of ketones is 1. The highest BCUT2D eigenvalue weighted by atomic mass is 16.7. The average Bonchev–Trinajstić information content (AvgIpc) is 3.17. The van der Waals surface area contributed by atoms with E-state index in [-0.39, 0.29) is 11.3 Å². The van der Waals surface area contributed by atoms with E-state index >= 15 is 0 Å². The second-order valence-corrected chi connectivity index (χ2v) is 10.7. The van der Waals surface area contributed by atoms with E-state index < -0.39 is 6.09 Å². The largest absolute Gasteiger partial charge is 0.448 e.